The van der Waals surface area contributed by atoms with Crippen LogP contribution in [0.4, 0.5) is 5.69 Å². The molecule has 0 radical (unpaired) electrons. The summed E-state index contributed by atoms with van der Waals surface area (Å²) in [7, 11) is 0. The van der Waals surface area contributed by atoms with Gasteiger partial charge in [0.1, 0.15) is 0 Å². The minimum Gasteiger partial charge on any atom is -0.256 e. The van der Waals surface area contributed by atoms with Crippen LogP contribution in [0.3, 0.4) is 0 Å². The van der Waals surface area contributed by atoms with Gasteiger partial charge in [-0.3, -0.25) is 4.99 Å². The molecule has 8 heteroatoms. The van der Waals surface area contributed by atoms with Crippen molar-refractivity contribution in [2.45, 2.75) is 0 Å². The third-order valence-electron chi connectivity index (χ3n) is 4.20. The largest absolute Gasteiger partial charge is 0.256 e. The molecule has 0 atom stereocenters. The predicted molar refractivity (Wildman–Crippen MR) is 126 cm³/mol. The van der Waals surface area contributed by atoms with Gasteiger partial charge in [-0.05, 0) is 71.9 Å². The number of aromatic nitrogens is 3. The van der Waals surface area contributed by atoms with Gasteiger partial charge in [-0.2, -0.15) is 14.9 Å². The van der Waals surface area contributed by atoms with Gasteiger partial charge in [-0.15, -0.1) is 0 Å². The van der Waals surface area contributed by atoms with Crippen molar-refractivity contribution in [1.29, 1.82) is 0 Å². The molecule has 0 unspecified atom stereocenters. The average Bonchev–Trinajstić information content (AvgIpc) is 3.14. The smallest absolute Gasteiger partial charge is 0.216 e. The number of benzene rings is 3. The van der Waals surface area contributed by atoms with Gasteiger partial charge in [-0.25, -0.2) is 5.10 Å². The Balaban J connectivity index is 1.55. The van der Waals surface area contributed by atoms with E-state index in [9.17, 15) is 0 Å². The zero-order valence-electron chi connectivity index (χ0n) is 15.5. The summed E-state index contributed by atoms with van der Waals surface area (Å²) in [4.78, 5) is 4.49. The minimum absolute atomic E-state index is 0.403. The molecule has 1 aromatic heterocycles. The lowest BCUT2D eigenvalue weighted by Crippen LogP contribution is -1.95. The molecule has 30 heavy (non-hydrogen) atoms. The van der Waals surface area contributed by atoms with Crippen molar-refractivity contribution in [3.8, 4) is 11.4 Å². The van der Waals surface area contributed by atoms with Crippen LogP contribution in [0.2, 0.25) is 10.0 Å². The molecule has 0 spiro atoms. The third kappa shape index (κ3) is 4.91. The second-order valence-corrected chi connectivity index (χ2v) is 7.58. The molecule has 0 amide bonds. The molecule has 1 N–H and O–H groups in total. The van der Waals surface area contributed by atoms with Crippen molar-refractivity contribution in [2.75, 3.05) is 0 Å². The van der Waals surface area contributed by atoms with Crippen LogP contribution in [0.25, 0.3) is 11.4 Å². The second-order valence-electron chi connectivity index (χ2n) is 6.32. The van der Waals surface area contributed by atoms with E-state index in [0.29, 0.717) is 20.6 Å². The maximum atomic E-state index is 5.92. The molecule has 0 aliphatic heterocycles. The molecule has 0 bridgehead atoms. The standard InChI is InChI=1S/C22H15Cl2N5S/c23-18-7-1-15(2-8-18)13-25-20-11-5-17(6-12-20)21-27-28-22(30)29(21)26-14-16-3-9-19(24)10-4-16/h1-14H,(H,28,30)/b25-13?,26-14+. The van der Waals surface area contributed by atoms with Gasteiger partial charge in [-0.1, -0.05) is 47.5 Å². The Morgan fingerprint density at radius 2 is 1.37 bits per heavy atom. The fourth-order valence-corrected chi connectivity index (χ4v) is 3.08. The van der Waals surface area contributed by atoms with E-state index in [1.165, 1.54) is 0 Å². The first kappa shape index (κ1) is 20.2. The summed E-state index contributed by atoms with van der Waals surface area (Å²) in [5.74, 6) is 0.610. The molecule has 0 aliphatic carbocycles. The number of hydrogen-bond donors (Lipinski definition) is 1. The van der Waals surface area contributed by atoms with Crippen LogP contribution < -0.4 is 0 Å². The minimum atomic E-state index is 0.403. The number of halogens is 2. The van der Waals surface area contributed by atoms with Crippen molar-refractivity contribution < 1.29 is 0 Å². The van der Waals surface area contributed by atoms with Crippen LogP contribution in [-0.4, -0.2) is 27.3 Å². The Labute approximate surface area is 188 Å². The first-order valence-electron chi connectivity index (χ1n) is 8.96. The molecule has 148 valence electrons. The number of aliphatic imine (C=N–C) groups is 1. The molecule has 1 heterocycles. The topological polar surface area (TPSA) is 58.3 Å². The van der Waals surface area contributed by atoms with Crippen LogP contribution >= 0.6 is 35.4 Å². The van der Waals surface area contributed by atoms with E-state index >= 15 is 0 Å². The summed E-state index contributed by atoms with van der Waals surface area (Å²) >= 11 is 17.1. The van der Waals surface area contributed by atoms with Crippen molar-refractivity contribution in [3.05, 3.63) is 98.7 Å². The number of nitrogens with one attached hydrogen (secondary N) is 1. The highest BCUT2D eigenvalue weighted by atomic mass is 35.5. The first-order valence-corrected chi connectivity index (χ1v) is 10.1. The third-order valence-corrected chi connectivity index (χ3v) is 4.97. The molecule has 5 nitrogen and oxygen atoms in total. The fourth-order valence-electron chi connectivity index (χ4n) is 2.65. The van der Waals surface area contributed by atoms with E-state index in [1.807, 2.05) is 72.8 Å². The van der Waals surface area contributed by atoms with Crippen LogP contribution in [-0.2, 0) is 0 Å². The zero-order chi connectivity index (χ0) is 20.9. The second kappa shape index (κ2) is 9.17. The van der Waals surface area contributed by atoms with Gasteiger partial charge in [0.25, 0.3) is 0 Å². The Morgan fingerprint density at radius 1 is 0.800 bits per heavy atom. The van der Waals surface area contributed by atoms with E-state index in [2.05, 4.69) is 20.3 Å². The maximum absolute atomic E-state index is 5.92. The Morgan fingerprint density at radius 3 is 1.97 bits per heavy atom. The Kier molecular flexibility index (Phi) is 6.18. The zero-order valence-corrected chi connectivity index (χ0v) is 17.9. The number of hydrogen-bond acceptors (Lipinski definition) is 4. The molecule has 4 rings (SSSR count). The normalized spacial score (nSPS) is 11.5. The van der Waals surface area contributed by atoms with E-state index in [-0.39, 0.29) is 0 Å². The number of H-pyrrole nitrogens is 1. The number of nitrogens with zero attached hydrogens (tertiary/aromatic N) is 4. The van der Waals surface area contributed by atoms with Crippen molar-refractivity contribution in [1.82, 2.24) is 14.9 Å². The summed E-state index contributed by atoms with van der Waals surface area (Å²) < 4.78 is 1.98. The predicted octanol–water partition coefficient (Wildman–Crippen LogP) is 6.55. The lowest BCUT2D eigenvalue weighted by molar-refractivity contribution is 0.871. The maximum Gasteiger partial charge on any atom is 0.216 e. The quantitative estimate of drug-likeness (QED) is 0.276. The molecule has 3 aromatic carbocycles. The van der Waals surface area contributed by atoms with Gasteiger partial charge in [0.15, 0.2) is 5.82 Å². The van der Waals surface area contributed by atoms with Crippen molar-refractivity contribution >= 4 is 53.5 Å². The molecule has 0 saturated carbocycles. The van der Waals surface area contributed by atoms with Gasteiger partial charge < -0.3 is 0 Å². The SMILES string of the molecule is S=c1[nH]nc(-c2ccc(N=Cc3ccc(Cl)cc3)cc2)n1/N=C/c1ccc(Cl)cc1. The van der Waals surface area contributed by atoms with Gasteiger partial charge in [0, 0.05) is 21.8 Å². The highest BCUT2D eigenvalue weighted by Gasteiger charge is 2.08. The first-order chi connectivity index (χ1) is 14.6. The van der Waals surface area contributed by atoms with E-state index in [0.717, 1.165) is 22.4 Å². The van der Waals surface area contributed by atoms with Crippen molar-refractivity contribution in [2.24, 2.45) is 10.1 Å². The highest BCUT2D eigenvalue weighted by Crippen LogP contribution is 2.21. The summed E-state index contributed by atoms with van der Waals surface area (Å²) in [5.41, 5.74) is 3.56. The Bertz CT molecular complexity index is 1250. The van der Waals surface area contributed by atoms with Crippen LogP contribution in [0.1, 0.15) is 11.1 Å². The highest BCUT2D eigenvalue weighted by molar-refractivity contribution is 7.71. The number of rotatable bonds is 5. The summed E-state index contributed by atoms with van der Waals surface area (Å²) in [6.45, 7) is 0. The number of aromatic amines is 1. The van der Waals surface area contributed by atoms with Crippen LogP contribution in [0, 0.1) is 4.77 Å². The van der Waals surface area contributed by atoms with E-state index < -0.39 is 0 Å². The average molecular weight is 452 g/mol. The summed E-state index contributed by atoms with van der Waals surface area (Å²) in [6.07, 6.45) is 3.49. The lowest BCUT2D eigenvalue weighted by Gasteiger charge is -2.02. The lowest BCUT2D eigenvalue weighted by atomic mass is 10.2. The van der Waals surface area contributed by atoms with Crippen molar-refractivity contribution in [3.63, 3.8) is 0 Å². The summed E-state index contributed by atoms with van der Waals surface area (Å²) in [6, 6.07) is 22.5. The molecule has 0 aliphatic rings. The van der Waals surface area contributed by atoms with Gasteiger partial charge >= 0.3 is 0 Å². The van der Waals surface area contributed by atoms with Gasteiger partial charge in [0.2, 0.25) is 4.77 Å². The van der Waals surface area contributed by atoms with E-state index in [4.69, 9.17) is 35.4 Å². The van der Waals surface area contributed by atoms with E-state index in [1.54, 1.807) is 17.1 Å². The van der Waals surface area contributed by atoms with Gasteiger partial charge in [0.05, 0.1) is 11.9 Å². The molecule has 4 aromatic rings. The van der Waals surface area contributed by atoms with Crippen LogP contribution in [0.15, 0.2) is 82.9 Å². The molecule has 0 fully saturated rings. The van der Waals surface area contributed by atoms with Crippen LogP contribution in [0.5, 0.6) is 0 Å². The molecular weight excluding hydrogens is 437 g/mol. The molecular formula is C22H15Cl2N5S. The molecule has 0 saturated heterocycles. The fraction of sp³-hybridized carbons (Fsp3) is 0. The Hall–Kier alpha value is -3.06. The summed E-state index contributed by atoms with van der Waals surface area (Å²) in [5, 5.41) is 12.9. The monoisotopic (exact) mass is 451 g/mol.